The van der Waals surface area contributed by atoms with Crippen molar-refractivity contribution in [3.8, 4) is 0 Å². The van der Waals surface area contributed by atoms with Gasteiger partial charge in [-0.25, -0.2) is 0 Å². The van der Waals surface area contributed by atoms with Crippen LogP contribution in [0.1, 0.15) is 26.8 Å². The lowest BCUT2D eigenvalue weighted by Crippen LogP contribution is -2.22. The second-order valence-electron chi connectivity index (χ2n) is 5.58. The van der Waals surface area contributed by atoms with Crippen molar-refractivity contribution in [3.05, 3.63) is 76.2 Å². The summed E-state index contributed by atoms with van der Waals surface area (Å²) in [4.78, 5) is 24.1. The molecule has 0 fully saturated rings. The van der Waals surface area contributed by atoms with Crippen LogP contribution < -0.4 is 10.6 Å². The van der Waals surface area contributed by atoms with Crippen LogP contribution in [-0.2, 0) is 17.8 Å². The maximum Gasteiger partial charge on any atom is 0.286 e. The molecule has 0 saturated heterocycles. The Kier molecular flexibility index (Phi) is 6.05. The zero-order chi connectivity index (χ0) is 18.2. The van der Waals surface area contributed by atoms with Crippen LogP contribution in [0.4, 0.5) is 5.69 Å². The van der Waals surface area contributed by atoms with Crippen LogP contribution in [0.5, 0.6) is 0 Å². The molecule has 0 unspecified atom stereocenters. The van der Waals surface area contributed by atoms with E-state index in [0.29, 0.717) is 30.1 Å². The maximum absolute atomic E-state index is 12.1. The largest absolute Gasteiger partial charge is 0.352 e. The lowest BCUT2D eigenvalue weighted by atomic mass is 10.2. The number of aryl methyl sites for hydroxylation is 1. The molecule has 3 rings (SSSR count). The first-order valence-electron chi connectivity index (χ1n) is 8.20. The minimum absolute atomic E-state index is 0.0562. The lowest BCUT2D eigenvalue weighted by molar-refractivity contribution is -0.121. The number of aromatic nitrogens is 2. The first kappa shape index (κ1) is 17.8. The molecule has 0 atom stereocenters. The molecule has 7 heteroatoms. The smallest absolute Gasteiger partial charge is 0.286 e. The van der Waals surface area contributed by atoms with Gasteiger partial charge < -0.3 is 10.6 Å². The quantitative estimate of drug-likeness (QED) is 0.673. The first-order chi connectivity index (χ1) is 12.7. The molecule has 2 amide bonds. The van der Waals surface area contributed by atoms with Crippen molar-refractivity contribution in [2.45, 2.75) is 19.4 Å². The Balaban J connectivity index is 1.46. The number of carbonyl (C=O) groups excluding carboxylic acids is 2. The molecule has 0 spiro atoms. The fourth-order valence-electron chi connectivity index (χ4n) is 2.26. The highest BCUT2D eigenvalue weighted by molar-refractivity contribution is 7.13. The molecule has 26 heavy (non-hydrogen) atoms. The van der Waals surface area contributed by atoms with E-state index in [0.717, 1.165) is 5.56 Å². The number of nitrogens with zero attached hydrogens (tertiary/aromatic N) is 2. The van der Waals surface area contributed by atoms with Gasteiger partial charge in [-0.15, -0.1) is 10.2 Å². The molecule has 2 N–H and O–H groups in total. The Bertz CT molecular complexity index is 866. The van der Waals surface area contributed by atoms with Crippen LogP contribution >= 0.6 is 11.3 Å². The summed E-state index contributed by atoms with van der Waals surface area (Å²) in [6, 6.07) is 18.9. The molecule has 0 aliphatic carbocycles. The van der Waals surface area contributed by atoms with Gasteiger partial charge in [0.1, 0.15) is 5.01 Å². The second-order valence-corrected chi connectivity index (χ2v) is 6.65. The summed E-state index contributed by atoms with van der Waals surface area (Å²) in [6.45, 7) is 0.501. The normalized spacial score (nSPS) is 10.3. The SMILES string of the molecule is O=C(CCc1nnc(C(=O)Nc2ccccc2)s1)NCc1ccccc1. The van der Waals surface area contributed by atoms with Gasteiger partial charge in [-0.05, 0) is 17.7 Å². The number of benzene rings is 2. The van der Waals surface area contributed by atoms with E-state index in [2.05, 4.69) is 20.8 Å². The minimum atomic E-state index is -0.298. The predicted octanol–water partition coefficient (Wildman–Crippen LogP) is 3.04. The molecule has 0 bridgehead atoms. The Morgan fingerprint density at radius 1 is 0.923 bits per heavy atom. The van der Waals surface area contributed by atoms with E-state index in [1.807, 2.05) is 48.5 Å². The third-order valence-electron chi connectivity index (χ3n) is 3.59. The zero-order valence-corrected chi connectivity index (χ0v) is 14.8. The summed E-state index contributed by atoms with van der Waals surface area (Å²) in [5.41, 5.74) is 1.76. The van der Waals surface area contributed by atoms with Gasteiger partial charge in [-0.2, -0.15) is 0 Å². The lowest BCUT2D eigenvalue weighted by Gasteiger charge is -2.04. The summed E-state index contributed by atoms with van der Waals surface area (Å²) < 4.78 is 0. The number of amides is 2. The highest BCUT2D eigenvalue weighted by atomic mass is 32.1. The van der Waals surface area contributed by atoms with Crippen molar-refractivity contribution in [1.29, 1.82) is 0 Å². The fraction of sp³-hybridized carbons (Fsp3) is 0.158. The Hall–Kier alpha value is -3.06. The first-order valence-corrected chi connectivity index (χ1v) is 9.02. The third-order valence-corrected chi connectivity index (χ3v) is 4.57. The van der Waals surface area contributed by atoms with E-state index in [4.69, 9.17) is 0 Å². The number of hydrogen-bond donors (Lipinski definition) is 2. The van der Waals surface area contributed by atoms with Crippen LogP contribution in [-0.4, -0.2) is 22.0 Å². The summed E-state index contributed by atoms with van der Waals surface area (Å²) in [5, 5.41) is 14.5. The number of nitrogens with one attached hydrogen (secondary N) is 2. The molecule has 0 aliphatic rings. The zero-order valence-electron chi connectivity index (χ0n) is 14.0. The molecular formula is C19H18N4O2S. The molecule has 1 aromatic heterocycles. The van der Waals surface area contributed by atoms with Crippen molar-refractivity contribution in [2.24, 2.45) is 0 Å². The summed E-state index contributed by atoms with van der Waals surface area (Å²) in [5.74, 6) is -0.354. The molecule has 2 aromatic carbocycles. The van der Waals surface area contributed by atoms with Crippen molar-refractivity contribution in [2.75, 3.05) is 5.32 Å². The van der Waals surface area contributed by atoms with Crippen molar-refractivity contribution < 1.29 is 9.59 Å². The number of carbonyl (C=O) groups is 2. The number of rotatable bonds is 7. The molecule has 3 aromatic rings. The van der Waals surface area contributed by atoms with E-state index in [1.54, 1.807) is 12.1 Å². The van der Waals surface area contributed by atoms with E-state index in [-0.39, 0.29) is 16.8 Å². The summed E-state index contributed by atoms with van der Waals surface area (Å²) >= 11 is 1.20. The van der Waals surface area contributed by atoms with Gasteiger partial charge in [-0.1, -0.05) is 59.9 Å². The van der Waals surface area contributed by atoms with Crippen LogP contribution in [0.2, 0.25) is 0 Å². The molecule has 0 aliphatic heterocycles. The van der Waals surface area contributed by atoms with Gasteiger partial charge in [0.15, 0.2) is 0 Å². The van der Waals surface area contributed by atoms with E-state index in [1.165, 1.54) is 11.3 Å². The molecule has 1 heterocycles. The van der Waals surface area contributed by atoms with Gasteiger partial charge in [0.25, 0.3) is 5.91 Å². The molecule has 0 saturated carbocycles. The van der Waals surface area contributed by atoms with Crippen LogP contribution in [0.3, 0.4) is 0 Å². The van der Waals surface area contributed by atoms with E-state index in [9.17, 15) is 9.59 Å². The van der Waals surface area contributed by atoms with Crippen molar-refractivity contribution in [1.82, 2.24) is 15.5 Å². The molecule has 132 valence electrons. The van der Waals surface area contributed by atoms with E-state index < -0.39 is 0 Å². The van der Waals surface area contributed by atoms with Gasteiger partial charge in [-0.3, -0.25) is 9.59 Å². The monoisotopic (exact) mass is 366 g/mol. The number of anilines is 1. The van der Waals surface area contributed by atoms with Gasteiger partial charge in [0.05, 0.1) is 0 Å². The minimum Gasteiger partial charge on any atom is -0.352 e. The second kappa shape index (κ2) is 8.87. The van der Waals surface area contributed by atoms with Crippen molar-refractivity contribution >= 4 is 28.8 Å². The summed E-state index contributed by atoms with van der Waals surface area (Å²) in [6.07, 6.45) is 0.763. The molecular weight excluding hydrogens is 348 g/mol. The standard InChI is InChI=1S/C19H18N4O2S/c24-16(20-13-14-7-3-1-4-8-14)11-12-17-22-23-19(26-17)18(25)21-15-9-5-2-6-10-15/h1-10H,11-13H2,(H,20,24)(H,21,25). The Labute approximate surface area is 155 Å². The summed E-state index contributed by atoms with van der Waals surface area (Å²) in [7, 11) is 0. The van der Waals surface area contributed by atoms with Crippen LogP contribution in [0.25, 0.3) is 0 Å². The van der Waals surface area contributed by atoms with Crippen LogP contribution in [0.15, 0.2) is 60.7 Å². The highest BCUT2D eigenvalue weighted by Crippen LogP contribution is 2.14. The Morgan fingerprint density at radius 3 is 2.35 bits per heavy atom. The predicted molar refractivity (Wildman–Crippen MR) is 101 cm³/mol. The number of hydrogen-bond acceptors (Lipinski definition) is 5. The average Bonchev–Trinajstić information content (AvgIpc) is 3.16. The fourth-order valence-corrected chi connectivity index (χ4v) is 2.99. The Morgan fingerprint density at radius 2 is 1.62 bits per heavy atom. The van der Waals surface area contributed by atoms with Crippen molar-refractivity contribution in [3.63, 3.8) is 0 Å². The van der Waals surface area contributed by atoms with Gasteiger partial charge in [0, 0.05) is 25.1 Å². The van der Waals surface area contributed by atoms with Crippen LogP contribution in [0, 0.1) is 0 Å². The molecule has 0 radical (unpaired) electrons. The van der Waals surface area contributed by atoms with Gasteiger partial charge >= 0.3 is 0 Å². The highest BCUT2D eigenvalue weighted by Gasteiger charge is 2.14. The van der Waals surface area contributed by atoms with Gasteiger partial charge in [0.2, 0.25) is 10.9 Å². The average molecular weight is 366 g/mol. The topological polar surface area (TPSA) is 84.0 Å². The molecule has 6 nitrogen and oxygen atoms in total. The third kappa shape index (κ3) is 5.22. The number of para-hydroxylation sites is 1. The maximum atomic E-state index is 12.1. The van der Waals surface area contributed by atoms with E-state index >= 15 is 0 Å².